The van der Waals surface area contributed by atoms with Crippen LogP contribution in [-0.2, 0) is 15.1 Å². The molecular formula is C5H10N2O4S. The van der Waals surface area contributed by atoms with Crippen LogP contribution < -0.4 is 10.0 Å². The van der Waals surface area contributed by atoms with E-state index < -0.39 is 10.3 Å². The molecular weight excluding hydrogens is 184 g/mol. The number of carbonyl (C=O) groups is 1. The van der Waals surface area contributed by atoms with Crippen molar-refractivity contribution in [1.82, 2.24) is 10.0 Å². The summed E-state index contributed by atoms with van der Waals surface area (Å²) in [6, 6.07) is -0.195. The molecule has 0 saturated carbocycles. The SMILES string of the molecule is O=C1CCC(CNS(=O)(=O)O)N1. The van der Waals surface area contributed by atoms with E-state index in [1.54, 1.807) is 0 Å². The van der Waals surface area contributed by atoms with Crippen molar-refractivity contribution in [3.05, 3.63) is 0 Å². The van der Waals surface area contributed by atoms with Crippen LogP contribution in [0.1, 0.15) is 12.8 Å². The van der Waals surface area contributed by atoms with E-state index in [9.17, 15) is 13.2 Å². The van der Waals surface area contributed by atoms with Gasteiger partial charge < -0.3 is 5.32 Å². The van der Waals surface area contributed by atoms with E-state index in [1.807, 2.05) is 4.72 Å². The second-order valence-corrected chi connectivity index (χ2v) is 3.87. The predicted molar refractivity (Wildman–Crippen MR) is 40.7 cm³/mol. The molecule has 70 valence electrons. The van der Waals surface area contributed by atoms with Gasteiger partial charge in [0, 0.05) is 19.0 Å². The topological polar surface area (TPSA) is 95.5 Å². The Hall–Kier alpha value is -0.660. The van der Waals surface area contributed by atoms with Gasteiger partial charge in [-0.3, -0.25) is 9.35 Å². The van der Waals surface area contributed by atoms with Gasteiger partial charge in [0.15, 0.2) is 0 Å². The minimum absolute atomic E-state index is 0.0462. The van der Waals surface area contributed by atoms with E-state index >= 15 is 0 Å². The Morgan fingerprint density at radius 1 is 1.67 bits per heavy atom. The summed E-state index contributed by atoms with van der Waals surface area (Å²) in [5.74, 6) is -0.0860. The zero-order valence-corrected chi connectivity index (χ0v) is 7.10. The van der Waals surface area contributed by atoms with Gasteiger partial charge in [-0.1, -0.05) is 0 Å². The lowest BCUT2D eigenvalue weighted by atomic mass is 10.2. The molecule has 0 radical (unpaired) electrons. The maximum atomic E-state index is 10.6. The second-order valence-electron chi connectivity index (χ2n) is 2.63. The van der Waals surface area contributed by atoms with Gasteiger partial charge in [-0.05, 0) is 6.42 Å². The summed E-state index contributed by atoms with van der Waals surface area (Å²) in [6.45, 7) is 0.0462. The largest absolute Gasteiger partial charge is 0.352 e. The highest BCUT2D eigenvalue weighted by atomic mass is 32.2. The molecule has 6 nitrogen and oxygen atoms in total. The van der Waals surface area contributed by atoms with Crippen molar-refractivity contribution >= 4 is 16.2 Å². The first-order valence-electron chi connectivity index (χ1n) is 3.49. The highest BCUT2D eigenvalue weighted by Gasteiger charge is 2.21. The standard InChI is InChI=1S/C5H10N2O4S/c8-5-2-1-4(7-5)3-6-12(9,10)11/h4,6H,1-3H2,(H,7,8)(H,9,10,11). The lowest BCUT2D eigenvalue weighted by molar-refractivity contribution is -0.119. The molecule has 7 heteroatoms. The van der Waals surface area contributed by atoms with E-state index in [2.05, 4.69) is 5.32 Å². The first-order valence-corrected chi connectivity index (χ1v) is 4.93. The van der Waals surface area contributed by atoms with Gasteiger partial charge in [-0.25, -0.2) is 0 Å². The van der Waals surface area contributed by atoms with E-state index in [0.717, 1.165) is 0 Å². The van der Waals surface area contributed by atoms with Crippen LogP contribution in [0.3, 0.4) is 0 Å². The molecule has 0 aromatic carbocycles. The molecule has 12 heavy (non-hydrogen) atoms. The first-order chi connectivity index (χ1) is 5.47. The van der Waals surface area contributed by atoms with Gasteiger partial charge in [-0.15, -0.1) is 0 Å². The first kappa shape index (κ1) is 9.43. The summed E-state index contributed by atoms with van der Waals surface area (Å²) in [4.78, 5) is 10.6. The van der Waals surface area contributed by atoms with Gasteiger partial charge in [0.05, 0.1) is 0 Å². The van der Waals surface area contributed by atoms with Gasteiger partial charge in [0.25, 0.3) is 0 Å². The van der Waals surface area contributed by atoms with Crippen LogP contribution in [0.15, 0.2) is 0 Å². The number of nitrogens with one attached hydrogen (secondary N) is 2. The fourth-order valence-electron chi connectivity index (χ4n) is 1.04. The van der Waals surface area contributed by atoms with Crippen molar-refractivity contribution in [2.75, 3.05) is 6.54 Å². The molecule has 0 aliphatic carbocycles. The summed E-state index contributed by atoms with van der Waals surface area (Å²) < 4.78 is 30.6. The van der Waals surface area contributed by atoms with Crippen molar-refractivity contribution in [1.29, 1.82) is 0 Å². The monoisotopic (exact) mass is 194 g/mol. The van der Waals surface area contributed by atoms with Crippen LogP contribution in [0.2, 0.25) is 0 Å². The van der Waals surface area contributed by atoms with Crippen molar-refractivity contribution in [3.63, 3.8) is 0 Å². The van der Waals surface area contributed by atoms with Crippen molar-refractivity contribution in [2.45, 2.75) is 18.9 Å². The highest BCUT2D eigenvalue weighted by Crippen LogP contribution is 2.04. The maximum Gasteiger partial charge on any atom is 0.333 e. The van der Waals surface area contributed by atoms with Crippen LogP contribution in [0.5, 0.6) is 0 Å². The number of carbonyl (C=O) groups excluding carboxylic acids is 1. The minimum Gasteiger partial charge on any atom is -0.352 e. The smallest absolute Gasteiger partial charge is 0.333 e. The number of rotatable bonds is 3. The van der Waals surface area contributed by atoms with Crippen molar-refractivity contribution < 1.29 is 17.8 Å². The molecule has 1 heterocycles. The van der Waals surface area contributed by atoms with Crippen LogP contribution in [0.25, 0.3) is 0 Å². The molecule has 0 aromatic heterocycles. The average Bonchev–Trinajstić information content (AvgIpc) is 2.30. The van der Waals surface area contributed by atoms with E-state index in [-0.39, 0.29) is 18.5 Å². The summed E-state index contributed by atoms with van der Waals surface area (Å²) in [7, 11) is -4.13. The maximum absolute atomic E-state index is 10.6. The molecule has 1 fully saturated rings. The van der Waals surface area contributed by atoms with Gasteiger partial charge >= 0.3 is 10.3 Å². The molecule has 1 atom stereocenters. The molecule has 1 aliphatic heterocycles. The van der Waals surface area contributed by atoms with Crippen LogP contribution in [-0.4, -0.2) is 31.5 Å². The van der Waals surface area contributed by atoms with Crippen molar-refractivity contribution in [2.24, 2.45) is 0 Å². The Bertz CT molecular complexity index is 273. The zero-order valence-electron chi connectivity index (χ0n) is 6.28. The predicted octanol–water partition coefficient (Wildman–Crippen LogP) is -1.34. The summed E-state index contributed by atoms with van der Waals surface area (Å²) in [5.41, 5.74) is 0. The fraction of sp³-hybridized carbons (Fsp3) is 0.800. The Kier molecular flexibility index (Phi) is 2.65. The third kappa shape index (κ3) is 3.16. The molecule has 1 amide bonds. The minimum atomic E-state index is -4.13. The van der Waals surface area contributed by atoms with E-state index in [1.165, 1.54) is 0 Å². The summed E-state index contributed by atoms with van der Waals surface area (Å²) in [6.07, 6.45) is 1.01. The fourth-order valence-corrected chi connectivity index (χ4v) is 1.45. The third-order valence-electron chi connectivity index (χ3n) is 1.60. The molecule has 3 N–H and O–H groups in total. The Balaban J connectivity index is 2.30. The molecule has 0 spiro atoms. The van der Waals surface area contributed by atoms with Crippen LogP contribution >= 0.6 is 0 Å². The lowest BCUT2D eigenvalue weighted by Gasteiger charge is -2.08. The average molecular weight is 194 g/mol. The van der Waals surface area contributed by atoms with E-state index in [4.69, 9.17) is 4.55 Å². The second kappa shape index (κ2) is 3.38. The van der Waals surface area contributed by atoms with Crippen LogP contribution in [0, 0.1) is 0 Å². The Morgan fingerprint density at radius 3 is 2.75 bits per heavy atom. The third-order valence-corrected chi connectivity index (χ3v) is 2.13. The Labute approximate surface area is 70.2 Å². The van der Waals surface area contributed by atoms with E-state index in [0.29, 0.717) is 12.8 Å². The number of hydrogen-bond acceptors (Lipinski definition) is 3. The number of hydrogen-bond donors (Lipinski definition) is 3. The van der Waals surface area contributed by atoms with Crippen molar-refractivity contribution in [3.8, 4) is 0 Å². The summed E-state index contributed by atoms with van der Waals surface area (Å²) in [5, 5.41) is 2.55. The molecule has 1 rings (SSSR count). The van der Waals surface area contributed by atoms with Crippen LogP contribution in [0.4, 0.5) is 0 Å². The number of amides is 1. The van der Waals surface area contributed by atoms with Gasteiger partial charge in [0.2, 0.25) is 5.91 Å². The molecule has 0 aromatic rings. The summed E-state index contributed by atoms with van der Waals surface area (Å²) >= 11 is 0. The molecule has 1 saturated heterocycles. The lowest BCUT2D eigenvalue weighted by Crippen LogP contribution is -2.38. The highest BCUT2D eigenvalue weighted by molar-refractivity contribution is 7.83. The normalized spacial score (nSPS) is 24.1. The van der Waals surface area contributed by atoms with Gasteiger partial charge in [0.1, 0.15) is 0 Å². The quantitative estimate of drug-likeness (QED) is 0.484. The Morgan fingerprint density at radius 2 is 2.33 bits per heavy atom. The molecule has 0 bridgehead atoms. The molecule has 1 unspecified atom stereocenters. The molecule has 1 aliphatic rings. The zero-order chi connectivity index (χ0) is 9.19. The van der Waals surface area contributed by atoms with Gasteiger partial charge in [-0.2, -0.15) is 13.1 Å².